The second-order valence-corrected chi connectivity index (χ2v) is 7.45. The van der Waals surface area contributed by atoms with E-state index in [9.17, 15) is 18.0 Å². The number of hydrogen-bond acceptors (Lipinski definition) is 4. The van der Waals surface area contributed by atoms with E-state index in [0.717, 1.165) is 11.8 Å². The van der Waals surface area contributed by atoms with Crippen LogP contribution in [0.2, 0.25) is 0 Å². The summed E-state index contributed by atoms with van der Waals surface area (Å²) in [4.78, 5) is 15.2. The second kappa shape index (κ2) is 5.56. The Balaban J connectivity index is 1.73. The first-order valence-corrected chi connectivity index (χ1v) is 8.61. The molecule has 0 saturated heterocycles. The zero-order valence-electron chi connectivity index (χ0n) is 14.4. The summed E-state index contributed by atoms with van der Waals surface area (Å²) in [5.41, 5.74) is 6.15. The van der Waals surface area contributed by atoms with Gasteiger partial charge >= 0.3 is 6.18 Å². The summed E-state index contributed by atoms with van der Waals surface area (Å²) < 4.78 is 41.2. The van der Waals surface area contributed by atoms with Gasteiger partial charge in [0.05, 0.1) is 11.3 Å². The molecular formula is C18H19F3N4O. The van der Waals surface area contributed by atoms with Crippen molar-refractivity contribution >= 4 is 11.6 Å². The Morgan fingerprint density at radius 2 is 1.88 bits per heavy atom. The molecule has 1 unspecified atom stereocenters. The summed E-state index contributed by atoms with van der Waals surface area (Å²) in [6.45, 7) is 3.96. The van der Waals surface area contributed by atoms with E-state index < -0.39 is 17.6 Å². The summed E-state index contributed by atoms with van der Waals surface area (Å²) in [5.74, 6) is 0.712. The van der Waals surface area contributed by atoms with E-state index in [0.29, 0.717) is 36.2 Å². The van der Waals surface area contributed by atoms with Crippen molar-refractivity contribution in [2.24, 2.45) is 11.8 Å². The molecule has 5 nitrogen and oxygen atoms in total. The number of halogens is 3. The summed E-state index contributed by atoms with van der Waals surface area (Å²) in [6.07, 6.45) is -2.06. The van der Waals surface area contributed by atoms with Crippen molar-refractivity contribution < 1.29 is 18.0 Å². The zero-order valence-corrected chi connectivity index (χ0v) is 14.4. The molecular weight excluding hydrogens is 345 g/mol. The van der Waals surface area contributed by atoms with Crippen LogP contribution < -0.4 is 5.73 Å². The Morgan fingerprint density at radius 1 is 1.23 bits per heavy atom. The van der Waals surface area contributed by atoms with Crippen molar-refractivity contribution in [3.8, 4) is 11.3 Å². The molecule has 2 aliphatic rings. The van der Waals surface area contributed by atoms with Gasteiger partial charge in [-0.3, -0.25) is 9.48 Å². The van der Waals surface area contributed by atoms with Gasteiger partial charge in [-0.1, -0.05) is 0 Å². The number of ketones is 1. The number of carbonyl (C=O) groups is 1. The first-order chi connectivity index (χ1) is 12.2. The molecule has 0 spiro atoms. The highest BCUT2D eigenvalue weighted by atomic mass is 19.4. The van der Waals surface area contributed by atoms with Gasteiger partial charge in [0.15, 0.2) is 0 Å². The van der Waals surface area contributed by atoms with Gasteiger partial charge in [-0.05, 0) is 37.8 Å². The summed E-state index contributed by atoms with van der Waals surface area (Å²) >= 11 is 0. The maximum absolute atomic E-state index is 13.1. The lowest BCUT2D eigenvalue weighted by molar-refractivity contribution is -0.137. The molecule has 0 bridgehead atoms. The monoisotopic (exact) mass is 364 g/mol. The maximum Gasteiger partial charge on any atom is 0.419 e. The van der Waals surface area contributed by atoms with Crippen LogP contribution in [0.1, 0.15) is 49.9 Å². The molecule has 0 radical (unpaired) electrons. The molecule has 2 aliphatic carbocycles. The highest BCUT2D eigenvalue weighted by Crippen LogP contribution is 2.62. The van der Waals surface area contributed by atoms with E-state index in [4.69, 9.17) is 5.73 Å². The van der Waals surface area contributed by atoms with Crippen molar-refractivity contribution in [1.29, 1.82) is 0 Å². The van der Waals surface area contributed by atoms with E-state index in [1.165, 1.54) is 6.20 Å². The van der Waals surface area contributed by atoms with Crippen LogP contribution in [0.3, 0.4) is 0 Å². The first-order valence-electron chi connectivity index (χ1n) is 8.61. The van der Waals surface area contributed by atoms with Crippen LogP contribution in [0.5, 0.6) is 0 Å². The van der Waals surface area contributed by atoms with Gasteiger partial charge in [-0.15, -0.1) is 0 Å². The van der Waals surface area contributed by atoms with Crippen molar-refractivity contribution in [2.75, 3.05) is 5.73 Å². The van der Waals surface area contributed by atoms with Crippen LogP contribution >= 0.6 is 0 Å². The molecule has 2 heterocycles. The van der Waals surface area contributed by atoms with Crippen LogP contribution in [0.25, 0.3) is 11.3 Å². The van der Waals surface area contributed by atoms with Gasteiger partial charge in [-0.2, -0.15) is 18.3 Å². The third kappa shape index (κ3) is 2.68. The van der Waals surface area contributed by atoms with Crippen molar-refractivity contribution in [1.82, 2.24) is 14.8 Å². The molecule has 0 aliphatic heterocycles. The van der Waals surface area contributed by atoms with Crippen molar-refractivity contribution in [2.45, 2.75) is 44.8 Å². The summed E-state index contributed by atoms with van der Waals surface area (Å²) in [6, 6.07) is 2.90. The minimum absolute atomic E-state index is 0.0691. The van der Waals surface area contributed by atoms with Crippen molar-refractivity contribution in [3.05, 3.63) is 29.6 Å². The molecule has 2 aromatic rings. The van der Waals surface area contributed by atoms with Gasteiger partial charge in [0.25, 0.3) is 0 Å². The Kier molecular flexibility index (Phi) is 3.65. The normalized spacial score (nSPS) is 25.0. The van der Waals surface area contributed by atoms with Crippen LogP contribution in [-0.4, -0.2) is 20.5 Å². The molecule has 2 N–H and O–H groups in total. The minimum atomic E-state index is -4.57. The van der Waals surface area contributed by atoms with Gasteiger partial charge in [-0.25, -0.2) is 4.98 Å². The molecule has 0 aromatic carbocycles. The lowest BCUT2D eigenvalue weighted by Crippen LogP contribution is -2.10. The molecule has 138 valence electrons. The Hall–Kier alpha value is -2.38. The SMILES string of the molecule is CC(C)n1nc(-c2cnc(N)c(C(F)(F)F)c2)cc1C1[C@H]2CC(=O)C[C@@H]12. The van der Waals surface area contributed by atoms with E-state index in [-0.39, 0.29) is 17.5 Å². The number of aromatic nitrogens is 3. The molecule has 0 amide bonds. The fourth-order valence-electron chi connectivity index (χ4n) is 4.10. The number of alkyl halides is 3. The van der Waals surface area contributed by atoms with E-state index in [1.54, 1.807) is 0 Å². The highest BCUT2D eigenvalue weighted by molar-refractivity contribution is 5.83. The van der Waals surface area contributed by atoms with Crippen LogP contribution in [0, 0.1) is 11.8 Å². The third-order valence-electron chi connectivity index (χ3n) is 5.37. The van der Waals surface area contributed by atoms with Gasteiger partial charge in [0.2, 0.25) is 0 Å². The fraction of sp³-hybridized carbons (Fsp3) is 0.500. The van der Waals surface area contributed by atoms with E-state index in [1.807, 2.05) is 24.6 Å². The van der Waals surface area contributed by atoms with Crippen molar-refractivity contribution in [3.63, 3.8) is 0 Å². The average Bonchev–Trinajstić information content (AvgIpc) is 2.91. The van der Waals surface area contributed by atoms with Crippen LogP contribution in [0.15, 0.2) is 18.3 Å². The standard InChI is InChI=1S/C18H19F3N4O/c1-8(2)25-15(16-11-4-10(26)5-12(11)16)6-14(24-25)9-3-13(18(19,20)21)17(22)23-7-9/h3,6-8,11-12,16H,4-5H2,1-2H3,(H2,22,23)/t11-,12+,16?. The van der Waals surface area contributed by atoms with Gasteiger partial charge in [0, 0.05) is 42.3 Å². The Labute approximate surface area is 148 Å². The number of nitrogen functional groups attached to an aromatic ring is 1. The second-order valence-electron chi connectivity index (χ2n) is 7.45. The molecule has 4 rings (SSSR count). The van der Waals surface area contributed by atoms with E-state index in [2.05, 4.69) is 10.1 Å². The predicted molar refractivity (Wildman–Crippen MR) is 89.2 cm³/mol. The topological polar surface area (TPSA) is 73.8 Å². The highest BCUT2D eigenvalue weighted by Gasteiger charge is 2.57. The third-order valence-corrected chi connectivity index (χ3v) is 5.37. The van der Waals surface area contributed by atoms with Gasteiger partial charge < -0.3 is 5.73 Å². The van der Waals surface area contributed by atoms with E-state index >= 15 is 0 Å². The maximum atomic E-state index is 13.1. The Bertz CT molecular complexity index is 873. The number of rotatable bonds is 3. The molecule has 2 saturated carbocycles. The number of hydrogen-bond donors (Lipinski definition) is 1. The predicted octanol–water partition coefficient (Wildman–Crippen LogP) is 3.82. The number of nitrogens with two attached hydrogens (primary N) is 1. The number of fused-ring (bicyclic) bond motifs is 1. The smallest absolute Gasteiger partial charge is 0.383 e. The lowest BCUT2D eigenvalue weighted by atomic mass is 10.1. The Morgan fingerprint density at radius 3 is 2.46 bits per heavy atom. The number of anilines is 1. The number of carbonyl (C=O) groups excluding carboxylic acids is 1. The largest absolute Gasteiger partial charge is 0.419 e. The molecule has 8 heteroatoms. The first kappa shape index (κ1) is 17.1. The number of Topliss-reactive ketones (excluding diaryl/α,β-unsaturated/α-hetero) is 1. The number of nitrogens with zero attached hydrogens (tertiary/aromatic N) is 3. The number of pyridine rings is 1. The molecule has 3 atom stereocenters. The molecule has 2 fully saturated rings. The minimum Gasteiger partial charge on any atom is -0.383 e. The van der Waals surface area contributed by atoms with Crippen LogP contribution in [-0.2, 0) is 11.0 Å². The fourth-order valence-corrected chi connectivity index (χ4v) is 4.10. The summed E-state index contributed by atoms with van der Waals surface area (Å²) in [5, 5.41) is 4.52. The van der Waals surface area contributed by atoms with Crippen LogP contribution in [0.4, 0.5) is 19.0 Å². The lowest BCUT2D eigenvalue weighted by Gasteiger charge is -2.12. The average molecular weight is 364 g/mol. The quantitative estimate of drug-likeness (QED) is 0.899. The zero-order chi connectivity index (χ0) is 18.8. The molecule has 26 heavy (non-hydrogen) atoms. The van der Waals surface area contributed by atoms with Gasteiger partial charge in [0.1, 0.15) is 11.6 Å². The molecule has 2 aromatic heterocycles. The summed E-state index contributed by atoms with van der Waals surface area (Å²) in [7, 11) is 0.